The maximum absolute atomic E-state index is 12.0. The van der Waals surface area contributed by atoms with Crippen LogP contribution in [0.4, 0.5) is 10.7 Å². The third-order valence-electron chi connectivity index (χ3n) is 1.82. The summed E-state index contributed by atoms with van der Waals surface area (Å²) in [6.45, 7) is 5.10. The van der Waals surface area contributed by atoms with E-state index < -0.39 is 20.5 Å². The van der Waals surface area contributed by atoms with E-state index in [2.05, 4.69) is 10.0 Å². The number of rotatable bonds is 4. The van der Waals surface area contributed by atoms with E-state index in [9.17, 15) is 18.5 Å². The van der Waals surface area contributed by atoms with Crippen LogP contribution in [0.15, 0.2) is 10.3 Å². The molecule has 0 saturated heterocycles. The summed E-state index contributed by atoms with van der Waals surface area (Å²) >= 11 is 0.832. The van der Waals surface area contributed by atoms with Gasteiger partial charge < -0.3 is 5.32 Å². The molecule has 0 aliphatic carbocycles. The summed E-state index contributed by atoms with van der Waals surface area (Å²) < 4.78 is 26.4. The Morgan fingerprint density at radius 2 is 1.94 bits per heavy atom. The van der Waals surface area contributed by atoms with Crippen LogP contribution in [0.2, 0.25) is 0 Å². The van der Waals surface area contributed by atoms with Crippen molar-refractivity contribution in [2.45, 2.75) is 30.5 Å². The van der Waals surface area contributed by atoms with Crippen LogP contribution in [0.3, 0.4) is 0 Å². The summed E-state index contributed by atoms with van der Waals surface area (Å²) in [5, 5.41) is 13.6. The molecule has 0 amide bonds. The van der Waals surface area contributed by atoms with Gasteiger partial charge in [0.15, 0.2) is 5.00 Å². The number of nitrogens with zero attached hydrogens (tertiary/aromatic N) is 1. The molecule has 7 nitrogen and oxygen atoms in total. The third-order valence-corrected chi connectivity index (χ3v) is 5.19. The molecule has 0 fully saturated rings. The summed E-state index contributed by atoms with van der Waals surface area (Å²) in [5.74, 6) is 0. The molecule has 1 heterocycles. The Kier molecular flexibility index (Phi) is 3.99. The predicted molar refractivity (Wildman–Crippen MR) is 70.6 cm³/mol. The van der Waals surface area contributed by atoms with Crippen molar-refractivity contribution in [1.82, 2.24) is 4.72 Å². The van der Waals surface area contributed by atoms with Crippen molar-refractivity contribution < 1.29 is 13.3 Å². The Morgan fingerprint density at radius 3 is 2.28 bits per heavy atom. The van der Waals surface area contributed by atoms with Crippen LogP contribution in [0, 0.1) is 10.1 Å². The number of nitrogens with one attached hydrogen (secondary N) is 2. The van der Waals surface area contributed by atoms with Crippen molar-refractivity contribution in [3.05, 3.63) is 16.2 Å². The van der Waals surface area contributed by atoms with E-state index in [-0.39, 0.29) is 14.9 Å². The molecule has 1 aromatic heterocycles. The molecule has 102 valence electrons. The van der Waals surface area contributed by atoms with Gasteiger partial charge in [-0.3, -0.25) is 10.1 Å². The maximum atomic E-state index is 12.0. The van der Waals surface area contributed by atoms with Gasteiger partial charge in [0.2, 0.25) is 0 Å². The van der Waals surface area contributed by atoms with Gasteiger partial charge in [-0.2, -0.15) is 0 Å². The topological polar surface area (TPSA) is 101 Å². The normalized spacial score (nSPS) is 12.4. The highest BCUT2D eigenvalue weighted by molar-refractivity contribution is 7.91. The number of sulfonamides is 1. The monoisotopic (exact) mass is 293 g/mol. The molecule has 9 heteroatoms. The van der Waals surface area contributed by atoms with E-state index in [1.165, 1.54) is 7.05 Å². The molecular weight excluding hydrogens is 278 g/mol. The Labute approximate surface area is 109 Å². The molecule has 2 N–H and O–H groups in total. The van der Waals surface area contributed by atoms with Gasteiger partial charge in [0.25, 0.3) is 10.0 Å². The van der Waals surface area contributed by atoms with Gasteiger partial charge in [0.05, 0.1) is 4.92 Å². The van der Waals surface area contributed by atoms with Gasteiger partial charge in [-0.25, -0.2) is 13.1 Å². The fourth-order valence-corrected chi connectivity index (χ4v) is 3.96. The number of nitro groups is 1. The Hall–Kier alpha value is -1.19. The minimum absolute atomic E-state index is 0.0755. The van der Waals surface area contributed by atoms with Crippen molar-refractivity contribution in [2.75, 3.05) is 12.4 Å². The second kappa shape index (κ2) is 4.82. The molecule has 0 aliphatic rings. The number of hydrogen-bond donors (Lipinski definition) is 2. The molecule has 0 radical (unpaired) electrons. The molecule has 18 heavy (non-hydrogen) atoms. The lowest BCUT2D eigenvalue weighted by Gasteiger charge is -2.19. The quantitative estimate of drug-likeness (QED) is 0.651. The first kappa shape index (κ1) is 14.9. The lowest BCUT2D eigenvalue weighted by molar-refractivity contribution is -0.383. The zero-order valence-electron chi connectivity index (χ0n) is 10.5. The summed E-state index contributed by atoms with van der Waals surface area (Å²) in [5.41, 5.74) is -0.881. The van der Waals surface area contributed by atoms with Crippen LogP contribution < -0.4 is 10.0 Å². The highest BCUT2D eigenvalue weighted by atomic mass is 32.2. The molecule has 0 bridgehead atoms. The van der Waals surface area contributed by atoms with Crippen molar-refractivity contribution in [3.63, 3.8) is 0 Å². The molecular formula is C9H15N3O4S2. The number of thiophene rings is 1. The Bertz CT molecular complexity index is 557. The predicted octanol–water partition coefficient (Wildman–Crippen LogP) is 1.77. The van der Waals surface area contributed by atoms with Gasteiger partial charge in [0, 0.05) is 18.7 Å². The zero-order valence-corrected chi connectivity index (χ0v) is 12.1. The van der Waals surface area contributed by atoms with Crippen LogP contribution in [0.25, 0.3) is 0 Å². The minimum atomic E-state index is -3.74. The average molecular weight is 293 g/mol. The molecule has 0 unspecified atom stereocenters. The van der Waals surface area contributed by atoms with Crippen molar-refractivity contribution in [2.24, 2.45) is 0 Å². The van der Waals surface area contributed by atoms with Crippen LogP contribution >= 0.6 is 11.3 Å². The fraction of sp³-hybridized carbons (Fsp3) is 0.556. The summed E-state index contributed by atoms with van der Waals surface area (Å²) in [6.07, 6.45) is 0. The minimum Gasteiger partial charge on any atom is -0.374 e. The van der Waals surface area contributed by atoms with Crippen molar-refractivity contribution in [3.8, 4) is 0 Å². The van der Waals surface area contributed by atoms with E-state index >= 15 is 0 Å². The van der Waals surface area contributed by atoms with Crippen LogP contribution in [-0.4, -0.2) is 25.9 Å². The van der Waals surface area contributed by atoms with Gasteiger partial charge in [-0.1, -0.05) is 11.3 Å². The smallest absolute Gasteiger partial charge is 0.304 e. The van der Waals surface area contributed by atoms with E-state index in [4.69, 9.17) is 0 Å². The first-order valence-corrected chi connectivity index (χ1v) is 7.37. The van der Waals surface area contributed by atoms with Crippen LogP contribution in [-0.2, 0) is 10.0 Å². The summed E-state index contributed by atoms with van der Waals surface area (Å²) in [6, 6.07) is 1.06. The Morgan fingerprint density at radius 1 is 1.39 bits per heavy atom. The third kappa shape index (κ3) is 3.40. The highest BCUT2D eigenvalue weighted by Gasteiger charge is 2.28. The first-order chi connectivity index (χ1) is 8.07. The molecule has 0 aliphatic heterocycles. The van der Waals surface area contributed by atoms with Gasteiger partial charge >= 0.3 is 5.69 Å². The maximum Gasteiger partial charge on any atom is 0.304 e. The zero-order chi connectivity index (χ0) is 14.1. The largest absolute Gasteiger partial charge is 0.374 e. The molecule has 0 spiro atoms. The van der Waals surface area contributed by atoms with E-state index in [0.717, 1.165) is 17.4 Å². The lowest BCUT2D eigenvalue weighted by atomic mass is 10.1. The molecule has 0 saturated carbocycles. The van der Waals surface area contributed by atoms with Gasteiger partial charge in [0.1, 0.15) is 4.21 Å². The average Bonchev–Trinajstić information content (AvgIpc) is 2.57. The van der Waals surface area contributed by atoms with Crippen molar-refractivity contribution >= 4 is 32.0 Å². The highest BCUT2D eigenvalue weighted by Crippen LogP contribution is 2.36. The SMILES string of the molecule is CNc1sc(S(=O)(=O)NC(C)(C)C)cc1[N+](=O)[O-]. The lowest BCUT2D eigenvalue weighted by Crippen LogP contribution is -2.40. The molecule has 0 aromatic carbocycles. The second-order valence-electron chi connectivity index (χ2n) is 4.64. The van der Waals surface area contributed by atoms with E-state index in [1.807, 2.05) is 0 Å². The molecule has 1 aromatic rings. The van der Waals surface area contributed by atoms with Gasteiger partial charge in [-0.05, 0) is 20.8 Å². The van der Waals surface area contributed by atoms with E-state index in [1.54, 1.807) is 20.8 Å². The standard InChI is InChI=1S/C9H15N3O4S2/c1-9(2,3)11-18(15,16)7-5-6(12(13)14)8(10-4)17-7/h5,10-11H,1-4H3. The fourth-order valence-electron chi connectivity index (χ4n) is 1.26. The first-order valence-electron chi connectivity index (χ1n) is 5.07. The van der Waals surface area contributed by atoms with Crippen LogP contribution in [0.1, 0.15) is 20.8 Å². The second-order valence-corrected chi connectivity index (χ2v) is 7.60. The number of anilines is 1. The molecule has 0 atom stereocenters. The molecule has 1 rings (SSSR count). The van der Waals surface area contributed by atoms with Crippen molar-refractivity contribution in [1.29, 1.82) is 0 Å². The Balaban J connectivity index is 3.23. The van der Waals surface area contributed by atoms with Crippen LogP contribution in [0.5, 0.6) is 0 Å². The van der Waals surface area contributed by atoms with Gasteiger partial charge in [-0.15, -0.1) is 0 Å². The number of hydrogen-bond acceptors (Lipinski definition) is 6. The summed E-state index contributed by atoms with van der Waals surface area (Å²) in [7, 11) is -2.23. The summed E-state index contributed by atoms with van der Waals surface area (Å²) in [4.78, 5) is 10.2. The van der Waals surface area contributed by atoms with E-state index in [0.29, 0.717) is 0 Å².